The lowest BCUT2D eigenvalue weighted by atomic mass is 9.78. The van der Waals surface area contributed by atoms with Gasteiger partial charge in [0.25, 0.3) is 0 Å². The third-order valence-corrected chi connectivity index (χ3v) is 4.54. The van der Waals surface area contributed by atoms with Crippen LogP contribution in [0.5, 0.6) is 11.5 Å². The SMILES string of the molecule is O=C(O)CCC(O)N1CC(Oc2ccc3c(c2C(=O)O)OB(O)CC3)C1. The maximum Gasteiger partial charge on any atom is 0.522 e. The van der Waals surface area contributed by atoms with Gasteiger partial charge in [-0.3, -0.25) is 9.69 Å². The molecule has 0 radical (unpaired) electrons. The first-order valence-electron chi connectivity index (χ1n) is 8.39. The van der Waals surface area contributed by atoms with Crippen molar-refractivity contribution in [1.29, 1.82) is 0 Å². The van der Waals surface area contributed by atoms with Crippen LogP contribution in [-0.2, 0) is 11.2 Å². The zero-order valence-corrected chi connectivity index (χ0v) is 14.0. The molecule has 0 spiro atoms. The third kappa shape index (κ3) is 3.92. The van der Waals surface area contributed by atoms with Gasteiger partial charge in [0.2, 0.25) is 0 Å². The summed E-state index contributed by atoms with van der Waals surface area (Å²) in [5.74, 6) is -1.90. The maximum absolute atomic E-state index is 11.7. The van der Waals surface area contributed by atoms with Crippen LogP contribution >= 0.6 is 0 Å². The van der Waals surface area contributed by atoms with Gasteiger partial charge >= 0.3 is 19.1 Å². The minimum Gasteiger partial charge on any atom is -0.535 e. The van der Waals surface area contributed by atoms with E-state index in [4.69, 9.17) is 14.5 Å². The predicted octanol–water partition coefficient (Wildman–Crippen LogP) is 0.0464. The molecule has 0 aliphatic carbocycles. The Morgan fingerprint density at radius 3 is 2.73 bits per heavy atom. The number of likely N-dealkylation sites (tertiary alicyclic amines) is 1. The second-order valence-electron chi connectivity index (χ2n) is 6.45. The summed E-state index contributed by atoms with van der Waals surface area (Å²) in [6, 6.07) is 3.30. The van der Waals surface area contributed by atoms with Crippen molar-refractivity contribution < 1.29 is 39.3 Å². The molecule has 3 rings (SSSR count). The fraction of sp³-hybridized carbons (Fsp3) is 0.500. The highest BCUT2D eigenvalue weighted by Crippen LogP contribution is 2.37. The molecule has 1 atom stereocenters. The number of aryl methyl sites for hydroxylation is 1. The number of carboxylic acid groups (broad SMARTS) is 2. The van der Waals surface area contributed by atoms with Gasteiger partial charge in [-0.2, -0.15) is 0 Å². The van der Waals surface area contributed by atoms with E-state index in [1.165, 1.54) is 0 Å². The Labute approximate surface area is 149 Å². The maximum atomic E-state index is 11.7. The minimum absolute atomic E-state index is 0.118. The molecule has 10 heteroatoms. The van der Waals surface area contributed by atoms with E-state index in [0.717, 1.165) is 0 Å². The number of ether oxygens (including phenoxy) is 1. The number of aliphatic hydroxyl groups is 1. The van der Waals surface area contributed by atoms with Gasteiger partial charge in [0.15, 0.2) is 0 Å². The summed E-state index contributed by atoms with van der Waals surface area (Å²) in [5.41, 5.74) is 0.588. The molecule has 4 N–H and O–H groups in total. The molecule has 2 aliphatic heterocycles. The highest BCUT2D eigenvalue weighted by atomic mass is 16.5. The molecule has 1 unspecified atom stereocenters. The monoisotopic (exact) mass is 365 g/mol. The number of rotatable bonds is 7. The average Bonchev–Trinajstić information content (AvgIpc) is 2.54. The quantitative estimate of drug-likeness (QED) is 0.494. The average molecular weight is 365 g/mol. The molecule has 9 nitrogen and oxygen atoms in total. The molecule has 0 aromatic heterocycles. The summed E-state index contributed by atoms with van der Waals surface area (Å²) in [4.78, 5) is 23.9. The van der Waals surface area contributed by atoms with Crippen LogP contribution < -0.4 is 9.39 Å². The van der Waals surface area contributed by atoms with Crippen molar-refractivity contribution in [2.45, 2.75) is 37.9 Å². The fourth-order valence-electron chi connectivity index (χ4n) is 3.12. The van der Waals surface area contributed by atoms with Crippen LogP contribution in [0.4, 0.5) is 0 Å². The summed E-state index contributed by atoms with van der Waals surface area (Å²) in [6.07, 6.45) is -0.280. The fourth-order valence-corrected chi connectivity index (χ4v) is 3.12. The highest BCUT2D eigenvalue weighted by Gasteiger charge is 2.35. The van der Waals surface area contributed by atoms with Gasteiger partial charge in [0.1, 0.15) is 29.4 Å². The first-order chi connectivity index (χ1) is 12.3. The molecule has 26 heavy (non-hydrogen) atoms. The number of fused-ring (bicyclic) bond motifs is 1. The van der Waals surface area contributed by atoms with Crippen LogP contribution in [0.1, 0.15) is 28.8 Å². The Hall–Kier alpha value is -2.30. The molecule has 1 saturated heterocycles. The molecule has 2 heterocycles. The van der Waals surface area contributed by atoms with Crippen molar-refractivity contribution in [3.8, 4) is 11.5 Å². The van der Waals surface area contributed by atoms with Crippen LogP contribution in [0.15, 0.2) is 12.1 Å². The van der Waals surface area contributed by atoms with Crippen LogP contribution in [-0.4, -0.2) is 69.7 Å². The summed E-state index contributed by atoms with van der Waals surface area (Å²) < 4.78 is 11.0. The van der Waals surface area contributed by atoms with Gasteiger partial charge in [-0.1, -0.05) is 6.07 Å². The highest BCUT2D eigenvalue weighted by molar-refractivity contribution is 6.44. The summed E-state index contributed by atoms with van der Waals surface area (Å²) in [7, 11) is -1.04. The topological polar surface area (TPSA) is 137 Å². The van der Waals surface area contributed by atoms with Gasteiger partial charge in [0.05, 0.1) is 0 Å². The number of aliphatic hydroxyl groups excluding tert-OH is 1. The van der Waals surface area contributed by atoms with E-state index >= 15 is 0 Å². The van der Waals surface area contributed by atoms with E-state index in [1.54, 1.807) is 17.0 Å². The van der Waals surface area contributed by atoms with Gasteiger partial charge < -0.3 is 29.7 Å². The molecule has 1 fully saturated rings. The Morgan fingerprint density at radius 2 is 2.08 bits per heavy atom. The number of benzene rings is 1. The number of hydrogen-bond donors (Lipinski definition) is 4. The molecule has 0 bridgehead atoms. The van der Waals surface area contributed by atoms with Crippen molar-refractivity contribution in [2.24, 2.45) is 0 Å². The molecule has 0 saturated carbocycles. The second-order valence-corrected chi connectivity index (χ2v) is 6.45. The largest absolute Gasteiger partial charge is 0.535 e. The van der Waals surface area contributed by atoms with Crippen LogP contribution in [0.3, 0.4) is 0 Å². The Bertz CT molecular complexity index is 706. The first-order valence-corrected chi connectivity index (χ1v) is 8.39. The lowest BCUT2D eigenvalue weighted by Gasteiger charge is -2.42. The summed E-state index contributed by atoms with van der Waals surface area (Å²) in [5, 5.41) is 37.7. The number of aliphatic carboxylic acids is 1. The number of carboxylic acids is 2. The van der Waals surface area contributed by atoms with Crippen molar-refractivity contribution in [2.75, 3.05) is 13.1 Å². The third-order valence-electron chi connectivity index (χ3n) is 4.54. The van der Waals surface area contributed by atoms with Gasteiger partial charge in [-0.05, 0) is 30.8 Å². The van der Waals surface area contributed by atoms with E-state index < -0.39 is 25.3 Å². The standard InChI is InChI=1S/C16H20BNO8/c19-12(3-4-13(20)21)18-7-10(8-18)25-11-2-1-9-5-6-17(24)26-15(9)14(11)16(22)23/h1-2,10,12,19,24H,3-8H2,(H,20,21)(H,22,23). The molecule has 0 amide bonds. The lowest BCUT2D eigenvalue weighted by molar-refractivity contribution is -0.140. The Balaban J connectivity index is 1.65. The van der Waals surface area contributed by atoms with Gasteiger partial charge in [-0.15, -0.1) is 0 Å². The summed E-state index contributed by atoms with van der Waals surface area (Å²) >= 11 is 0. The van der Waals surface area contributed by atoms with Crippen molar-refractivity contribution in [3.05, 3.63) is 23.3 Å². The van der Waals surface area contributed by atoms with Crippen LogP contribution in [0.2, 0.25) is 6.32 Å². The van der Waals surface area contributed by atoms with E-state index in [9.17, 15) is 24.8 Å². The van der Waals surface area contributed by atoms with Gasteiger partial charge in [-0.25, -0.2) is 4.79 Å². The Morgan fingerprint density at radius 1 is 1.35 bits per heavy atom. The van der Waals surface area contributed by atoms with E-state index in [2.05, 4.69) is 0 Å². The predicted molar refractivity (Wildman–Crippen MR) is 89.4 cm³/mol. The van der Waals surface area contributed by atoms with Crippen LogP contribution in [0, 0.1) is 0 Å². The van der Waals surface area contributed by atoms with E-state index in [1.807, 2.05) is 0 Å². The first kappa shape index (κ1) is 18.5. The molecule has 2 aliphatic rings. The van der Waals surface area contributed by atoms with Crippen LogP contribution in [0.25, 0.3) is 0 Å². The number of aromatic carboxylic acids is 1. The second kappa shape index (κ2) is 7.52. The molecular formula is C16H20BNO8. The zero-order valence-electron chi connectivity index (χ0n) is 14.0. The molecule has 1 aromatic rings. The minimum atomic E-state index is -1.20. The number of hydrogen-bond acceptors (Lipinski definition) is 7. The van der Waals surface area contributed by atoms with E-state index in [0.29, 0.717) is 31.4 Å². The number of carbonyl (C=O) groups is 2. The normalized spacial score (nSPS) is 18.5. The smallest absolute Gasteiger partial charge is 0.522 e. The lowest BCUT2D eigenvalue weighted by Crippen LogP contribution is -2.57. The van der Waals surface area contributed by atoms with Crippen molar-refractivity contribution in [3.63, 3.8) is 0 Å². The number of nitrogens with zero attached hydrogens (tertiary/aromatic N) is 1. The summed E-state index contributed by atoms with van der Waals surface area (Å²) in [6.45, 7) is 0.723. The zero-order chi connectivity index (χ0) is 18.8. The van der Waals surface area contributed by atoms with Gasteiger partial charge in [0, 0.05) is 19.5 Å². The van der Waals surface area contributed by atoms with Crippen molar-refractivity contribution >= 4 is 19.1 Å². The molecule has 140 valence electrons. The molecule has 1 aromatic carbocycles. The Kier molecular flexibility index (Phi) is 5.35. The van der Waals surface area contributed by atoms with Crippen molar-refractivity contribution in [1.82, 2.24) is 4.90 Å². The van der Waals surface area contributed by atoms with E-state index in [-0.39, 0.29) is 36.0 Å². The molecular weight excluding hydrogens is 345 g/mol.